The number of hydrogen-bond donors (Lipinski definition) is 1. The molecule has 11 nitrogen and oxygen atoms in total. The molecule has 0 saturated carbocycles. The number of carbonyl (C=O) groups excluding carboxylic acids is 3. The van der Waals surface area contributed by atoms with Crippen LogP contribution in [0.1, 0.15) is 55.6 Å². The Hall–Kier alpha value is -5.78. The van der Waals surface area contributed by atoms with Gasteiger partial charge in [0, 0.05) is 99.9 Å². The first-order valence-corrected chi connectivity index (χ1v) is 19.0. The molecule has 3 aromatic carbocycles. The number of phenols is 1. The first-order valence-electron chi connectivity index (χ1n) is 19.0. The monoisotopic (exact) mass is 738 g/mol. The highest BCUT2D eigenvalue weighted by Crippen LogP contribution is 2.37. The Labute approximate surface area is 321 Å². The highest BCUT2D eigenvalue weighted by atomic mass is 16.5. The van der Waals surface area contributed by atoms with Crippen LogP contribution in [0, 0.1) is 6.92 Å². The number of amides is 3. The van der Waals surface area contributed by atoms with Crippen molar-refractivity contribution in [3.8, 4) is 17.0 Å². The quantitative estimate of drug-likeness (QED) is 0.222. The first-order chi connectivity index (χ1) is 26.7. The number of pyridine rings is 1. The van der Waals surface area contributed by atoms with Crippen LogP contribution in [-0.4, -0.2) is 92.5 Å². The summed E-state index contributed by atoms with van der Waals surface area (Å²) in [5.74, 6) is -0.212. The first kappa shape index (κ1) is 36.2. The third-order valence-corrected chi connectivity index (χ3v) is 11.5. The number of fused-ring (bicyclic) bond motifs is 2. The molecule has 0 unspecified atom stereocenters. The van der Waals surface area contributed by atoms with E-state index in [1.54, 1.807) is 60.6 Å². The second kappa shape index (κ2) is 15.2. The molecule has 3 aliphatic heterocycles. The minimum absolute atomic E-state index is 0.00871. The molecular weight excluding hydrogens is 693 g/mol. The van der Waals surface area contributed by atoms with Crippen LogP contribution in [0.15, 0.2) is 91.3 Å². The lowest BCUT2D eigenvalue weighted by molar-refractivity contribution is -0.129. The van der Waals surface area contributed by atoms with E-state index in [1.807, 2.05) is 46.5 Å². The number of anilines is 2. The molecule has 3 amide bonds. The maximum absolute atomic E-state index is 15.3. The van der Waals surface area contributed by atoms with Gasteiger partial charge in [-0.15, -0.1) is 0 Å². The number of ether oxygens (including phenoxy) is 1. The molecule has 5 aromatic rings. The van der Waals surface area contributed by atoms with Gasteiger partial charge < -0.3 is 24.2 Å². The normalized spacial score (nSPS) is 17.0. The number of aromatic nitrogens is 2. The van der Waals surface area contributed by atoms with Gasteiger partial charge in [0.05, 0.1) is 24.5 Å². The van der Waals surface area contributed by atoms with Crippen molar-refractivity contribution in [1.82, 2.24) is 24.3 Å². The standard InChI is InChI=1S/C44H46N6O5/c1-29-39(44(54)50(36-12-15-45-16-13-36)35-8-10-38(52)11-9-35)25-42(46(29)3)40-23-32-14-17-48(30(2)51)26-34(32)24-41(40)43(53)49-27-33-7-5-4-6-31(33)22-37(49)28-47-18-20-55-21-19-47/h4-13,15-16,23-25,37,52H,14,17-22,26-28H2,1-3H3/t37-/m0/s1. The van der Waals surface area contributed by atoms with Crippen molar-refractivity contribution in [3.63, 3.8) is 0 Å². The third kappa shape index (κ3) is 7.13. The minimum Gasteiger partial charge on any atom is -0.508 e. The van der Waals surface area contributed by atoms with E-state index in [9.17, 15) is 14.7 Å². The van der Waals surface area contributed by atoms with Crippen molar-refractivity contribution < 1.29 is 24.2 Å². The summed E-state index contributed by atoms with van der Waals surface area (Å²) in [6.45, 7) is 8.79. The second-order valence-electron chi connectivity index (χ2n) is 14.8. The molecule has 1 N–H and O–H groups in total. The van der Waals surface area contributed by atoms with Crippen LogP contribution in [0.5, 0.6) is 5.75 Å². The van der Waals surface area contributed by atoms with Crippen molar-refractivity contribution in [2.75, 3.05) is 44.3 Å². The van der Waals surface area contributed by atoms with E-state index < -0.39 is 0 Å². The maximum atomic E-state index is 15.3. The van der Waals surface area contributed by atoms with Crippen LogP contribution in [0.3, 0.4) is 0 Å². The summed E-state index contributed by atoms with van der Waals surface area (Å²) in [5, 5.41) is 10.0. The molecule has 0 spiro atoms. The van der Waals surface area contributed by atoms with E-state index in [2.05, 4.69) is 34.1 Å². The number of nitrogens with zero attached hydrogens (tertiary/aromatic N) is 6. The van der Waals surface area contributed by atoms with Crippen molar-refractivity contribution in [2.45, 2.75) is 45.8 Å². The summed E-state index contributed by atoms with van der Waals surface area (Å²) in [4.78, 5) is 54.5. The fourth-order valence-corrected chi connectivity index (χ4v) is 8.26. The molecule has 0 bridgehead atoms. The van der Waals surface area contributed by atoms with E-state index in [0.717, 1.165) is 59.7 Å². The lowest BCUT2D eigenvalue weighted by Crippen LogP contribution is -2.52. The van der Waals surface area contributed by atoms with E-state index >= 15 is 4.79 Å². The molecule has 55 heavy (non-hydrogen) atoms. The fourth-order valence-electron chi connectivity index (χ4n) is 8.26. The highest BCUT2D eigenvalue weighted by Gasteiger charge is 2.35. The zero-order chi connectivity index (χ0) is 38.2. The summed E-state index contributed by atoms with van der Waals surface area (Å²) in [5.41, 5.74) is 8.98. The number of carbonyl (C=O) groups is 3. The van der Waals surface area contributed by atoms with Gasteiger partial charge in [0.1, 0.15) is 5.75 Å². The molecular formula is C44H46N6O5. The van der Waals surface area contributed by atoms with Crippen LogP contribution < -0.4 is 4.90 Å². The molecule has 5 heterocycles. The van der Waals surface area contributed by atoms with E-state index in [0.29, 0.717) is 61.8 Å². The van der Waals surface area contributed by atoms with Crippen LogP contribution in [-0.2, 0) is 42.5 Å². The molecule has 282 valence electrons. The number of rotatable bonds is 7. The summed E-state index contributed by atoms with van der Waals surface area (Å²) < 4.78 is 7.64. The van der Waals surface area contributed by atoms with Crippen LogP contribution in [0.25, 0.3) is 11.3 Å². The molecule has 0 radical (unpaired) electrons. The van der Waals surface area contributed by atoms with Crippen LogP contribution in [0.4, 0.5) is 11.4 Å². The molecule has 1 fully saturated rings. The minimum atomic E-state index is -0.252. The predicted octanol–water partition coefficient (Wildman–Crippen LogP) is 5.88. The van der Waals surface area contributed by atoms with Crippen molar-refractivity contribution >= 4 is 29.1 Å². The van der Waals surface area contributed by atoms with Crippen molar-refractivity contribution in [3.05, 3.63) is 130 Å². The molecule has 3 aliphatic rings. The van der Waals surface area contributed by atoms with Gasteiger partial charge in [-0.05, 0) is 96.6 Å². The molecule has 11 heteroatoms. The van der Waals surface area contributed by atoms with Crippen molar-refractivity contribution in [2.24, 2.45) is 7.05 Å². The molecule has 1 atom stereocenters. The van der Waals surface area contributed by atoms with Crippen molar-refractivity contribution in [1.29, 1.82) is 0 Å². The number of phenolic OH excluding ortho intramolecular Hbond substituents is 1. The zero-order valence-electron chi connectivity index (χ0n) is 31.6. The van der Waals surface area contributed by atoms with Gasteiger partial charge in [-0.3, -0.25) is 29.2 Å². The number of aromatic hydroxyl groups is 1. The number of morpholine rings is 1. The van der Waals surface area contributed by atoms with Gasteiger partial charge in [-0.25, -0.2) is 0 Å². The Morgan fingerprint density at radius 2 is 1.55 bits per heavy atom. The average Bonchev–Trinajstić information content (AvgIpc) is 3.51. The van der Waals surface area contributed by atoms with E-state index in [4.69, 9.17) is 4.74 Å². The van der Waals surface area contributed by atoms with Gasteiger partial charge in [-0.2, -0.15) is 0 Å². The Balaban J connectivity index is 1.23. The highest BCUT2D eigenvalue weighted by molar-refractivity contribution is 6.12. The second-order valence-corrected chi connectivity index (χ2v) is 14.8. The molecule has 0 aliphatic carbocycles. The van der Waals surface area contributed by atoms with E-state index in [1.165, 1.54) is 5.56 Å². The Bertz CT molecular complexity index is 2250. The summed E-state index contributed by atoms with van der Waals surface area (Å²) >= 11 is 0. The zero-order valence-corrected chi connectivity index (χ0v) is 31.6. The smallest absolute Gasteiger partial charge is 0.264 e. The topological polar surface area (TPSA) is 111 Å². The maximum Gasteiger partial charge on any atom is 0.264 e. The summed E-state index contributed by atoms with van der Waals surface area (Å²) in [6.07, 6.45) is 4.70. The fraction of sp³-hybridized carbons (Fsp3) is 0.318. The van der Waals surface area contributed by atoms with Gasteiger partial charge in [-0.1, -0.05) is 24.3 Å². The lowest BCUT2D eigenvalue weighted by atomic mass is 9.89. The van der Waals surface area contributed by atoms with Gasteiger partial charge >= 0.3 is 0 Å². The predicted molar refractivity (Wildman–Crippen MR) is 210 cm³/mol. The van der Waals surface area contributed by atoms with Gasteiger partial charge in [0.15, 0.2) is 0 Å². The van der Waals surface area contributed by atoms with Crippen LogP contribution >= 0.6 is 0 Å². The average molecular weight is 739 g/mol. The largest absolute Gasteiger partial charge is 0.508 e. The summed E-state index contributed by atoms with van der Waals surface area (Å²) in [7, 11) is 1.93. The van der Waals surface area contributed by atoms with Gasteiger partial charge in [0.2, 0.25) is 5.91 Å². The number of benzene rings is 3. The Kier molecular flexibility index (Phi) is 9.98. The summed E-state index contributed by atoms with van der Waals surface area (Å²) in [6, 6.07) is 24.4. The lowest BCUT2D eigenvalue weighted by Gasteiger charge is -2.41. The van der Waals surface area contributed by atoms with Crippen LogP contribution in [0.2, 0.25) is 0 Å². The van der Waals surface area contributed by atoms with Gasteiger partial charge in [0.25, 0.3) is 11.8 Å². The molecule has 2 aromatic heterocycles. The molecule has 1 saturated heterocycles. The number of hydrogen-bond acceptors (Lipinski definition) is 7. The van der Waals surface area contributed by atoms with E-state index in [-0.39, 0.29) is 29.5 Å². The molecule has 8 rings (SSSR count). The SMILES string of the molecule is CC(=O)N1CCc2cc(-c3cc(C(=O)N(c4ccncc4)c4ccc(O)cc4)c(C)n3C)c(C(=O)N3Cc4ccccc4C[C@H]3CN3CCOCC3)cc2C1. The Morgan fingerprint density at radius 1 is 0.836 bits per heavy atom. The Morgan fingerprint density at radius 3 is 2.27 bits per heavy atom. The third-order valence-electron chi connectivity index (χ3n) is 11.5.